The van der Waals surface area contributed by atoms with Crippen LogP contribution in [0.15, 0.2) is 24.3 Å². The summed E-state index contributed by atoms with van der Waals surface area (Å²) in [6.45, 7) is 0. The van der Waals surface area contributed by atoms with Gasteiger partial charge in [0.1, 0.15) is 0 Å². The van der Waals surface area contributed by atoms with Crippen LogP contribution in [-0.2, 0) is 6.42 Å². The molecule has 2 aliphatic rings. The Morgan fingerprint density at radius 2 is 1.76 bits per heavy atom. The van der Waals surface area contributed by atoms with Gasteiger partial charge in [0.25, 0.3) is 0 Å². The molecule has 3 rings (SSSR count). The van der Waals surface area contributed by atoms with Crippen molar-refractivity contribution >= 4 is 0 Å². The minimum atomic E-state index is -4.96. The van der Waals surface area contributed by atoms with Gasteiger partial charge in [0, 0.05) is 0 Å². The minimum Gasteiger partial charge on any atom is -0.486 e. The summed E-state index contributed by atoms with van der Waals surface area (Å²) < 4.78 is 62.0. The van der Waals surface area contributed by atoms with Crippen LogP contribution in [0.25, 0.3) is 0 Å². The Bertz CT molecular complexity index is 615. The fourth-order valence-corrected chi connectivity index (χ4v) is 3.25. The van der Waals surface area contributed by atoms with E-state index in [0.29, 0.717) is 5.92 Å². The molecule has 0 amide bonds. The Labute approximate surface area is 144 Å². The number of ether oxygens (including phenoxy) is 2. The van der Waals surface area contributed by atoms with Crippen LogP contribution in [0.4, 0.5) is 17.6 Å². The molecule has 2 saturated carbocycles. The van der Waals surface area contributed by atoms with Gasteiger partial charge in [-0.15, -0.1) is 13.2 Å². The highest BCUT2D eigenvalue weighted by atomic mass is 19.4. The first-order valence-corrected chi connectivity index (χ1v) is 8.83. The second kappa shape index (κ2) is 7.67. The quantitative estimate of drug-likeness (QED) is 0.462. The predicted octanol–water partition coefficient (Wildman–Crippen LogP) is 5.94. The molecule has 1 aromatic carbocycles. The summed E-state index contributed by atoms with van der Waals surface area (Å²) in [6, 6.07) is 2.85. The van der Waals surface area contributed by atoms with Gasteiger partial charge in [0.15, 0.2) is 11.6 Å². The molecule has 0 saturated heterocycles. The van der Waals surface area contributed by atoms with Gasteiger partial charge >= 0.3 is 6.36 Å². The van der Waals surface area contributed by atoms with Crippen molar-refractivity contribution < 1.29 is 27.0 Å². The third-order valence-corrected chi connectivity index (χ3v) is 4.85. The summed E-state index contributed by atoms with van der Waals surface area (Å²) in [5.41, 5.74) is 0.175. The zero-order valence-electron chi connectivity index (χ0n) is 13.9. The van der Waals surface area contributed by atoms with Crippen LogP contribution >= 0.6 is 0 Å². The van der Waals surface area contributed by atoms with Gasteiger partial charge in [0.2, 0.25) is 5.75 Å². The van der Waals surface area contributed by atoms with Crippen molar-refractivity contribution in [1.29, 1.82) is 0 Å². The van der Waals surface area contributed by atoms with Crippen molar-refractivity contribution in [3.05, 3.63) is 35.7 Å². The first-order chi connectivity index (χ1) is 11.9. The Kier molecular flexibility index (Phi) is 5.54. The van der Waals surface area contributed by atoms with E-state index in [4.69, 9.17) is 4.74 Å². The summed E-state index contributed by atoms with van der Waals surface area (Å²) in [5.74, 6) is -1.53. The van der Waals surface area contributed by atoms with Gasteiger partial charge < -0.3 is 9.47 Å². The van der Waals surface area contributed by atoms with E-state index in [1.54, 1.807) is 0 Å². The van der Waals surface area contributed by atoms with Gasteiger partial charge in [-0.05, 0) is 56.1 Å². The molecule has 0 aliphatic heterocycles. The first-order valence-electron chi connectivity index (χ1n) is 8.83. The second-order valence-electron chi connectivity index (χ2n) is 6.76. The van der Waals surface area contributed by atoms with Crippen molar-refractivity contribution in [2.45, 2.75) is 63.8 Å². The Morgan fingerprint density at radius 1 is 1.04 bits per heavy atom. The second-order valence-corrected chi connectivity index (χ2v) is 6.76. The average Bonchev–Trinajstić information content (AvgIpc) is 3.00. The van der Waals surface area contributed by atoms with Gasteiger partial charge in [-0.1, -0.05) is 31.1 Å². The molecule has 2 nitrogen and oxygen atoms in total. The zero-order valence-corrected chi connectivity index (χ0v) is 13.9. The van der Waals surface area contributed by atoms with Crippen molar-refractivity contribution in [1.82, 2.24) is 0 Å². The summed E-state index contributed by atoms with van der Waals surface area (Å²) in [5, 5.41) is 0. The number of alkyl halides is 3. The summed E-state index contributed by atoms with van der Waals surface area (Å²) in [6.07, 6.45) is 6.10. The van der Waals surface area contributed by atoms with Crippen molar-refractivity contribution in [2.24, 2.45) is 5.92 Å². The van der Waals surface area contributed by atoms with Gasteiger partial charge in [0.05, 0.1) is 6.10 Å². The lowest BCUT2D eigenvalue weighted by Crippen LogP contribution is -2.26. The fourth-order valence-electron chi connectivity index (χ4n) is 3.25. The molecular formula is C19H22F4O2. The molecule has 138 valence electrons. The van der Waals surface area contributed by atoms with Gasteiger partial charge in [-0.3, -0.25) is 0 Å². The molecule has 0 unspecified atom stereocenters. The molecule has 0 aromatic heterocycles. The monoisotopic (exact) mass is 358 g/mol. The maximum atomic E-state index is 14.6. The highest BCUT2D eigenvalue weighted by Gasteiger charge is 2.35. The third kappa shape index (κ3) is 4.89. The number of halogens is 4. The smallest absolute Gasteiger partial charge is 0.486 e. The van der Waals surface area contributed by atoms with E-state index >= 15 is 0 Å². The molecule has 2 aliphatic carbocycles. The maximum absolute atomic E-state index is 14.6. The minimum absolute atomic E-state index is 0.164. The zero-order chi connectivity index (χ0) is 17.9. The molecule has 1 aromatic rings. The van der Waals surface area contributed by atoms with Crippen molar-refractivity contribution in [3.8, 4) is 11.5 Å². The summed E-state index contributed by atoms with van der Waals surface area (Å²) >= 11 is 0. The maximum Gasteiger partial charge on any atom is 0.573 e. The molecule has 0 spiro atoms. The highest BCUT2D eigenvalue weighted by molar-refractivity contribution is 5.45. The summed E-state index contributed by atoms with van der Waals surface area (Å²) in [7, 11) is 0. The third-order valence-electron chi connectivity index (χ3n) is 4.85. The van der Waals surface area contributed by atoms with Crippen LogP contribution in [0.5, 0.6) is 11.5 Å². The van der Waals surface area contributed by atoms with E-state index in [0.717, 1.165) is 32.1 Å². The number of hydrogen-bond donors (Lipinski definition) is 0. The molecule has 2 fully saturated rings. The lowest BCUT2D eigenvalue weighted by molar-refractivity contribution is -0.276. The number of allylic oxidation sites excluding steroid dienone is 2. The SMILES string of the molecule is Fc1c(C/C=C/C2CCCC2)ccc(OC2CCC2)c1OC(F)(F)F. The van der Waals surface area contributed by atoms with E-state index < -0.39 is 17.9 Å². The lowest BCUT2D eigenvalue weighted by Gasteiger charge is -2.27. The molecule has 0 bridgehead atoms. The lowest BCUT2D eigenvalue weighted by atomic mass is 9.96. The largest absolute Gasteiger partial charge is 0.573 e. The van der Waals surface area contributed by atoms with Crippen LogP contribution in [0.3, 0.4) is 0 Å². The highest BCUT2D eigenvalue weighted by Crippen LogP contribution is 2.39. The topological polar surface area (TPSA) is 18.5 Å². The van der Waals surface area contributed by atoms with E-state index in [2.05, 4.69) is 4.74 Å². The molecule has 25 heavy (non-hydrogen) atoms. The van der Waals surface area contributed by atoms with Gasteiger partial charge in [-0.2, -0.15) is 0 Å². The average molecular weight is 358 g/mol. The van der Waals surface area contributed by atoms with E-state index in [1.807, 2.05) is 12.2 Å². The predicted molar refractivity (Wildman–Crippen MR) is 86.2 cm³/mol. The van der Waals surface area contributed by atoms with Crippen LogP contribution in [0.1, 0.15) is 50.5 Å². The fraction of sp³-hybridized carbons (Fsp3) is 0.579. The molecule has 6 heteroatoms. The number of benzene rings is 1. The van der Waals surface area contributed by atoms with Crippen LogP contribution < -0.4 is 9.47 Å². The Morgan fingerprint density at radius 3 is 2.36 bits per heavy atom. The molecule has 0 N–H and O–H groups in total. The number of rotatable bonds is 6. The Balaban J connectivity index is 1.77. The van der Waals surface area contributed by atoms with Gasteiger partial charge in [-0.25, -0.2) is 4.39 Å². The van der Waals surface area contributed by atoms with E-state index in [9.17, 15) is 17.6 Å². The summed E-state index contributed by atoms with van der Waals surface area (Å²) in [4.78, 5) is 0. The van der Waals surface area contributed by atoms with Crippen molar-refractivity contribution in [3.63, 3.8) is 0 Å². The van der Waals surface area contributed by atoms with Crippen molar-refractivity contribution in [2.75, 3.05) is 0 Å². The standard InChI is InChI=1S/C19H22F4O2/c20-17-14(8-3-7-13-5-1-2-6-13)11-12-16(24-15-9-4-10-15)18(17)25-19(21,22)23/h3,7,11-13,15H,1-2,4-6,8-10H2/b7-3+. The van der Waals surface area contributed by atoms with E-state index in [-0.39, 0.29) is 23.8 Å². The number of hydrogen-bond acceptors (Lipinski definition) is 2. The van der Waals surface area contributed by atoms with Crippen LogP contribution in [0.2, 0.25) is 0 Å². The normalized spacial score (nSPS) is 19.4. The van der Waals surface area contributed by atoms with Crippen LogP contribution in [-0.4, -0.2) is 12.5 Å². The van der Waals surface area contributed by atoms with Crippen LogP contribution in [0, 0.1) is 11.7 Å². The Hall–Kier alpha value is -1.72. The molecular weight excluding hydrogens is 336 g/mol. The van der Waals surface area contributed by atoms with E-state index in [1.165, 1.54) is 25.0 Å². The molecule has 0 atom stereocenters. The molecule has 0 heterocycles. The molecule has 0 radical (unpaired) electrons. The first kappa shape index (κ1) is 18.1.